The second kappa shape index (κ2) is 6.06. The van der Waals surface area contributed by atoms with E-state index in [4.69, 9.17) is 0 Å². The second-order valence-corrected chi connectivity index (χ2v) is 8.30. The molecule has 0 unspecified atom stereocenters. The highest BCUT2D eigenvalue weighted by molar-refractivity contribution is 5.76. The molecule has 0 aliphatic heterocycles. The van der Waals surface area contributed by atoms with Crippen molar-refractivity contribution in [1.82, 2.24) is 5.32 Å². The zero-order valence-corrected chi connectivity index (χ0v) is 14.2. The summed E-state index contributed by atoms with van der Waals surface area (Å²) in [6.45, 7) is 6.68. The predicted octanol–water partition coefficient (Wildman–Crippen LogP) is 4.22. The van der Waals surface area contributed by atoms with Crippen LogP contribution in [0.25, 0.3) is 0 Å². The summed E-state index contributed by atoms with van der Waals surface area (Å²) in [5.41, 5.74) is 2.80. The largest absolute Gasteiger partial charge is 0.353 e. The Morgan fingerprint density at radius 2 is 1.86 bits per heavy atom. The summed E-state index contributed by atoms with van der Waals surface area (Å²) in [7, 11) is 0. The topological polar surface area (TPSA) is 29.1 Å². The van der Waals surface area contributed by atoms with Crippen LogP contribution >= 0.6 is 0 Å². The number of fused-ring (bicyclic) bond motifs is 2. The SMILES string of the molecule is CC(C)(C)c1ccc(CCC(=O)N[C@@H]2C[C@H]3CC[C@H]2C3)cc1. The minimum absolute atomic E-state index is 0.192. The van der Waals surface area contributed by atoms with Crippen LogP contribution in [-0.4, -0.2) is 11.9 Å². The molecule has 3 atom stereocenters. The molecule has 0 heterocycles. The van der Waals surface area contributed by atoms with Crippen LogP contribution in [-0.2, 0) is 16.6 Å². The van der Waals surface area contributed by atoms with E-state index in [-0.39, 0.29) is 11.3 Å². The van der Waals surface area contributed by atoms with Gasteiger partial charge >= 0.3 is 0 Å². The van der Waals surface area contributed by atoms with Crippen LogP contribution in [0.5, 0.6) is 0 Å². The third-order valence-electron chi connectivity index (χ3n) is 5.55. The maximum absolute atomic E-state index is 12.2. The van der Waals surface area contributed by atoms with Gasteiger partial charge in [-0.1, -0.05) is 51.5 Å². The van der Waals surface area contributed by atoms with Crippen LogP contribution in [0.2, 0.25) is 0 Å². The first-order chi connectivity index (χ1) is 10.4. The summed E-state index contributed by atoms with van der Waals surface area (Å²) in [5, 5.41) is 3.28. The van der Waals surface area contributed by atoms with Gasteiger partial charge in [0.25, 0.3) is 0 Å². The molecule has 0 spiro atoms. The molecule has 2 bridgehead atoms. The molecule has 1 aromatic carbocycles. The summed E-state index contributed by atoms with van der Waals surface area (Å²) in [5.74, 6) is 1.89. The number of carbonyl (C=O) groups is 1. The Hall–Kier alpha value is -1.31. The van der Waals surface area contributed by atoms with E-state index in [0.29, 0.717) is 12.5 Å². The fourth-order valence-corrected chi connectivity index (χ4v) is 4.13. The molecule has 2 aliphatic rings. The summed E-state index contributed by atoms with van der Waals surface area (Å²) in [6, 6.07) is 9.21. The van der Waals surface area contributed by atoms with Crippen molar-refractivity contribution in [1.29, 1.82) is 0 Å². The summed E-state index contributed by atoms with van der Waals surface area (Å²) in [6.07, 6.45) is 6.73. The molecule has 2 nitrogen and oxygen atoms in total. The number of amides is 1. The Morgan fingerprint density at radius 1 is 1.14 bits per heavy atom. The van der Waals surface area contributed by atoms with E-state index in [9.17, 15) is 4.79 Å². The van der Waals surface area contributed by atoms with E-state index >= 15 is 0 Å². The highest BCUT2D eigenvalue weighted by atomic mass is 16.1. The Kier molecular flexibility index (Phi) is 4.29. The van der Waals surface area contributed by atoms with Crippen LogP contribution in [0.4, 0.5) is 0 Å². The zero-order valence-electron chi connectivity index (χ0n) is 14.2. The lowest BCUT2D eigenvalue weighted by molar-refractivity contribution is -0.122. The van der Waals surface area contributed by atoms with Gasteiger partial charge in [-0.25, -0.2) is 0 Å². The molecule has 1 amide bonds. The van der Waals surface area contributed by atoms with Gasteiger partial charge in [0, 0.05) is 12.5 Å². The Bertz CT molecular complexity index is 526. The van der Waals surface area contributed by atoms with Gasteiger partial charge in [-0.3, -0.25) is 4.79 Å². The molecule has 2 aliphatic carbocycles. The molecule has 2 fully saturated rings. The zero-order chi connectivity index (χ0) is 15.7. The highest BCUT2D eigenvalue weighted by Gasteiger charge is 2.39. The average Bonchev–Trinajstić information content (AvgIpc) is 3.07. The van der Waals surface area contributed by atoms with Crippen LogP contribution < -0.4 is 5.32 Å². The van der Waals surface area contributed by atoms with Crippen molar-refractivity contribution in [3.05, 3.63) is 35.4 Å². The Labute approximate surface area is 134 Å². The van der Waals surface area contributed by atoms with E-state index in [1.807, 2.05) is 0 Å². The molecule has 0 saturated heterocycles. The maximum atomic E-state index is 12.2. The first-order valence-corrected chi connectivity index (χ1v) is 8.80. The fourth-order valence-electron chi connectivity index (χ4n) is 4.13. The predicted molar refractivity (Wildman–Crippen MR) is 90.8 cm³/mol. The minimum atomic E-state index is 0.192. The Morgan fingerprint density at radius 3 is 2.41 bits per heavy atom. The fraction of sp³-hybridized carbons (Fsp3) is 0.650. The van der Waals surface area contributed by atoms with Crippen LogP contribution in [0, 0.1) is 11.8 Å². The van der Waals surface area contributed by atoms with E-state index in [0.717, 1.165) is 18.3 Å². The number of carbonyl (C=O) groups excluding carboxylic acids is 1. The molecule has 0 radical (unpaired) electrons. The van der Waals surface area contributed by atoms with Crippen LogP contribution in [0.15, 0.2) is 24.3 Å². The molecule has 0 aromatic heterocycles. The van der Waals surface area contributed by atoms with Crippen molar-refractivity contribution < 1.29 is 4.79 Å². The van der Waals surface area contributed by atoms with E-state index < -0.39 is 0 Å². The number of hydrogen-bond acceptors (Lipinski definition) is 1. The number of nitrogens with one attached hydrogen (secondary N) is 1. The maximum Gasteiger partial charge on any atom is 0.220 e. The van der Waals surface area contributed by atoms with Crippen molar-refractivity contribution in [2.24, 2.45) is 11.8 Å². The molecular formula is C20H29NO. The van der Waals surface area contributed by atoms with Gasteiger partial charge in [-0.05, 0) is 54.1 Å². The lowest BCUT2D eigenvalue weighted by atomic mass is 9.86. The molecule has 2 heteroatoms. The number of rotatable bonds is 4. The van der Waals surface area contributed by atoms with Gasteiger partial charge in [0.2, 0.25) is 5.91 Å². The number of aryl methyl sites for hydroxylation is 1. The molecule has 22 heavy (non-hydrogen) atoms. The lowest BCUT2D eigenvalue weighted by Crippen LogP contribution is -2.38. The first-order valence-electron chi connectivity index (χ1n) is 8.80. The van der Waals surface area contributed by atoms with E-state index in [1.54, 1.807) is 0 Å². The number of hydrogen-bond donors (Lipinski definition) is 1. The smallest absolute Gasteiger partial charge is 0.220 e. The third-order valence-corrected chi connectivity index (χ3v) is 5.55. The second-order valence-electron chi connectivity index (χ2n) is 8.30. The highest BCUT2D eigenvalue weighted by Crippen LogP contribution is 2.44. The summed E-state index contributed by atoms with van der Waals surface area (Å²) in [4.78, 5) is 12.2. The monoisotopic (exact) mass is 299 g/mol. The van der Waals surface area contributed by atoms with Gasteiger partial charge in [0.05, 0.1) is 0 Å². The molecule has 3 rings (SSSR count). The summed E-state index contributed by atoms with van der Waals surface area (Å²) < 4.78 is 0. The number of benzene rings is 1. The normalized spacial score (nSPS) is 27.1. The van der Waals surface area contributed by atoms with Crippen LogP contribution in [0.1, 0.15) is 64.0 Å². The average molecular weight is 299 g/mol. The minimum Gasteiger partial charge on any atom is -0.353 e. The van der Waals surface area contributed by atoms with Crippen molar-refractivity contribution in [3.8, 4) is 0 Å². The third kappa shape index (κ3) is 3.53. The molecule has 2 saturated carbocycles. The van der Waals surface area contributed by atoms with Crippen LogP contribution in [0.3, 0.4) is 0 Å². The van der Waals surface area contributed by atoms with Gasteiger partial charge in [0.15, 0.2) is 0 Å². The molecule has 1 N–H and O–H groups in total. The van der Waals surface area contributed by atoms with Gasteiger partial charge in [0.1, 0.15) is 0 Å². The summed E-state index contributed by atoms with van der Waals surface area (Å²) >= 11 is 0. The first kappa shape index (κ1) is 15.6. The quantitative estimate of drug-likeness (QED) is 0.886. The van der Waals surface area contributed by atoms with Crippen molar-refractivity contribution >= 4 is 5.91 Å². The lowest BCUT2D eigenvalue weighted by Gasteiger charge is -2.23. The standard InChI is InChI=1S/C20H29NO/c1-20(2,3)17-9-5-14(6-10-17)7-11-19(22)21-18-13-15-4-8-16(18)12-15/h5-6,9-10,15-16,18H,4,7-8,11-13H2,1-3H3,(H,21,22)/t15-,16-,18+/m0/s1. The van der Waals surface area contributed by atoms with Gasteiger partial charge < -0.3 is 5.32 Å². The van der Waals surface area contributed by atoms with Gasteiger partial charge in [-0.15, -0.1) is 0 Å². The van der Waals surface area contributed by atoms with Gasteiger partial charge in [-0.2, -0.15) is 0 Å². The van der Waals surface area contributed by atoms with Crippen molar-refractivity contribution in [2.45, 2.75) is 70.8 Å². The Balaban J connectivity index is 1.47. The molecule has 1 aromatic rings. The van der Waals surface area contributed by atoms with Crippen molar-refractivity contribution in [2.75, 3.05) is 0 Å². The molecule has 120 valence electrons. The molecular weight excluding hydrogens is 270 g/mol. The van der Waals surface area contributed by atoms with E-state index in [2.05, 4.69) is 50.4 Å². The van der Waals surface area contributed by atoms with E-state index in [1.165, 1.54) is 36.8 Å². The van der Waals surface area contributed by atoms with Crippen molar-refractivity contribution in [3.63, 3.8) is 0 Å².